The van der Waals surface area contributed by atoms with E-state index in [0.717, 1.165) is 40.1 Å². The third kappa shape index (κ3) is 4.99. The number of piperidine rings is 1. The van der Waals surface area contributed by atoms with Crippen molar-refractivity contribution in [3.63, 3.8) is 0 Å². The Hall–Kier alpha value is -3.44. The number of aromatic hydroxyl groups is 2. The summed E-state index contributed by atoms with van der Waals surface area (Å²) in [5.74, 6) is 2.02. The third-order valence-electron chi connectivity index (χ3n) is 6.34. The Morgan fingerprint density at radius 1 is 0.818 bits per heavy atom. The van der Waals surface area contributed by atoms with Crippen molar-refractivity contribution in [3.8, 4) is 28.6 Å². The van der Waals surface area contributed by atoms with Gasteiger partial charge in [-0.1, -0.05) is 18.6 Å². The Kier molecular flexibility index (Phi) is 6.22. The first-order valence-corrected chi connectivity index (χ1v) is 11.6. The number of likely N-dealkylation sites (tertiary alicyclic amines) is 1. The van der Waals surface area contributed by atoms with Crippen LogP contribution < -0.4 is 4.74 Å². The summed E-state index contributed by atoms with van der Waals surface area (Å²) in [6.07, 6.45) is 4.62. The summed E-state index contributed by atoms with van der Waals surface area (Å²) < 4.78 is 12.1. The van der Waals surface area contributed by atoms with Crippen LogP contribution in [0.25, 0.3) is 22.3 Å². The first-order valence-electron chi connectivity index (χ1n) is 11.6. The second-order valence-corrected chi connectivity index (χ2v) is 8.71. The summed E-state index contributed by atoms with van der Waals surface area (Å²) in [5.41, 5.74) is 3.73. The van der Waals surface area contributed by atoms with Crippen molar-refractivity contribution < 1.29 is 19.4 Å². The van der Waals surface area contributed by atoms with Gasteiger partial charge in [0.1, 0.15) is 35.2 Å². The normalized spacial score (nSPS) is 14.5. The molecule has 5 nitrogen and oxygen atoms in total. The molecule has 2 N–H and O–H groups in total. The molecule has 0 saturated carbocycles. The van der Waals surface area contributed by atoms with E-state index in [-0.39, 0.29) is 11.5 Å². The molecule has 0 atom stereocenters. The second-order valence-electron chi connectivity index (χ2n) is 8.71. The van der Waals surface area contributed by atoms with Crippen molar-refractivity contribution in [3.05, 3.63) is 77.9 Å². The minimum atomic E-state index is 0.172. The highest BCUT2D eigenvalue weighted by atomic mass is 16.5. The highest BCUT2D eigenvalue weighted by Gasteiger charge is 2.17. The largest absolute Gasteiger partial charge is 0.508 e. The first kappa shape index (κ1) is 21.4. The molecular formula is C28H29NO4. The van der Waals surface area contributed by atoms with Crippen LogP contribution in [0.3, 0.4) is 0 Å². The molecule has 0 spiro atoms. The zero-order chi connectivity index (χ0) is 22.6. The predicted molar refractivity (Wildman–Crippen MR) is 130 cm³/mol. The van der Waals surface area contributed by atoms with E-state index in [4.69, 9.17) is 9.15 Å². The molecule has 0 bridgehead atoms. The van der Waals surface area contributed by atoms with Gasteiger partial charge in [-0.25, -0.2) is 0 Å². The molecule has 0 amide bonds. The first-order chi connectivity index (χ1) is 16.2. The van der Waals surface area contributed by atoms with Gasteiger partial charge < -0.3 is 19.4 Å². The minimum Gasteiger partial charge on any atom is -0.508 e. The van der Waals surface area contributed by atoms with Crippen LogP contribution in [0.5, 0.6) is 17.2 Å². The number of phenolic OH excluding ortho intramolecular Hbond substituents is 2. The van der Waals surface area contributed by atoms with Crippen LogP contribution in [0, 0.1) is 0 Å². The summed E-state index contributed by atoms with van der Waals surface area (Å²) in [5, 5.41) is 20.5. The van der Waals surface area contributed by atoms with Gasteiger partial charge in [0.2, 0.25) is 0 Å². The molecule has 3 aromatic carbocycles. The van der Waals surface area contributed by atoms with Crippen molar-refractivity contribution >= 4 is 11.0 Å². The Bertz CT molecular complexity index is 1210. The number of nitrogens with zero attached hydrogens (tertiary/aromatic N) is 1. The molecule has 5 rings (SSSR count). The zero-order valence-electron chi connectivity index (χ0n) is 18.7. The lowest BCUT2D eigenvalue weighted by Crippen LogP contribution is -2.33. The van der Waals surface area contributed by atoms with Gasteiger partial charge >= 0.3 is 0 Å². The van der Waals surface area contributed by atoms with Gasteiger partial charge in [-0.15, -0.1) is 0 Å². The van der Waals surface area contributed by atoms with E-state index < -0.39 is 0 Å². The number of hydrogen-bond acceptors (Lipinski definition) is 5. The van der Waals surface area contributed by atoms with Gasteiger partial charge in [-0.3, -0.25) is 4.90 Å². The summed E-state index contributed by atoms with van der Waals surface area (Å²) in [7, 11) is 0. The average molecular weight is 444 g/mol. The molecule has 1 aliphatic heterocycles. The molecule has 4 aromatic rings. The maximum absolute atomic E-state index is 9.90. The molecular weight excluding hydrogens is 414 g/mol. The van der Waals surface area contributed by atoms with Crippen LogP contribution in [-0.2, 0) is 6.42 Å². The van der Waals surface area contributed by atoms with E-state index in [9.17, 15) is 10.2 Å². The van der Waals surface area contributed by atoms with Crippen molar-refractivity contribution in [2.75, 3.05) is 26.2 Å². The molecule has 33 heavy (non-hydrogen) atoms. The van der Waals surface area contributed by atoms with Gasteiger partial charge in [0.25, 0.3) is 0 Å². The fourth-order valence-corrected chi connectivity index (χ4v) is 4.54. The van der Waals surface area contributed by atoms with Crippen LogP contribution in [-0.4, -0.2) is 41.4 Å². The van der Waals surface area contributed by atoms with E-state index in [0.29, 0.717) is 18.6 Å². The van der Waals surface area contributed by atoms with Crippen LogP contribution in [0.2, 0.25) is 0 Å². The smallest absolute Gasteiger partial charge is 0.138 e. The molecule has 1 saturated heterocycles. The van der Waals surface area contributed by atoms with Crippen molar-refractivity contribution in [1.82, 2.24) is 4.90 Å². The van der Waals surface area contributed by atoms with Gasteiger partial charge in [0.05, 0.1) is 0 Å². The van der Waals surface area contributed by atoms with Crippen LogP contribution in [0.1, 0.15) is 30.4 Å². The molecule has 1 aliphatic rings. The Morgan fingerprint density at radius 3 is 2.30 bits per heavy atom. The quantitative estimate of drug-likeness (QED) is 0.369. The topological polar surface area (TPSA) is 66.1 Å². The number of ether oxygens (including phenoxy) is 1. The number of phenols is 2. The van der Waals surface area contributed by atoms with E-state index in [2.05, 4.69) is 17.0 Å². The van der Waals surface area contributed by atoms with Gasteiger partial charge in [0, 0.05) is 35.5 Å². The summed E-state index contributed by atoms with van der Waals surface area (Å²) in [4.78, 5) is 2.48. The second kappa shape index (κ2) is 9.59. The number of hydrogen-bond donors (Lipinski definition) is 2. The molecule has 1 aromatic heterocycles. The lowest BCUT2D eigenvalue weighted by atomic mass is 9.98. The van der Waals surface area contributed by atoms with E-state index >= 15 is 0 Å². The standard InChI is InChI=1S/C28H29NO4/c30-22-8-6-21(7-9-22)28-26(25-13-10-23(31)19-27(25)33-28)18-20-4-11-24(12-5-20)32-17-16-29-14-2-1-3-15-29/h4-13,19,30-31H,1-3,14-18H2. The molecule has 2 heterocycles. The fourth-order valence-electron chi connectivity index (χ4n) is 4.54. The maximum atomic E-state index is 9.90. The summed E-state index contributed by atoms with van der Waals surface area (Å²) >= 11 is 0. The number of fused-ring (bicyclic) bond motifs is 1. The average Bonchev–Trinajstić information content (AvgIpc) is 3.18. The zero-order valence-corrected chi connectivity index (χ0v) is 18.7. The Morgan fingerprint density at radius 2 is 1.55 bits per heavy atom. The molecule has 1 fully saturated rings. The SMILES string of the molecule is Oc1ccc(-c2oc3cc(O)ccc3c2Cc2ccc(OCCN3CCCCC3)cc2)cc1. The van der Waals surface area contributed by atoms with Crippen molar-refractivity contribution in [1.29, 1.82) is 0 Å². The third-order valence-corrected chi connectivity index (χ3v) is 6.34. The highest BCUT2D eigenvalue weighted by Crippen LogP contribution is 2.37. The van der Waals surface area contributed by atoms with Crippen molar-refractivity contribution in [2.24, 2.45) is 0 Å². The van der Waals surface area contributed by atoms with E-state index in [1.165, 1.54) is 32.4 Å². The lowest BCUT2D eigenvalue weighted by molar-refractivity contribution is 0.183. The van der Waals surface area contributed by atoms with Crippen molar-refractivity contribution in [2.45, 2.75) is 25.7 Å². The van der Waals surface area contributed by atoms with Gasteiger partial charge in [0.15, 0.2) is 0 Å². The monoisotopic (exact) mass is 443 g/mol. The lowest BCUT2D eigenvalue weighted by Gasteiger charge is -2.26. The Balaban J connectivity index is 1.33. The van der Waals surface area contributed by atoms with Gasteiger partial charge in [-0.2, -0.15) is 0 Å². The predicted octanol–water partition coefficient (Wildman–Crippen LogP) is 5.97. The Labute approximate surface area is 193 Å². The van der Waals surface area contributed by atoms with Crippen LogP contribution >= 0.6 is 0 Å². The summed E-state index contributed by atoms with van der Waals surface area (Å²) in [6, 6.07) is 20.4. The number of benzene rings is 3. The van der Waals surface area contributed by atoms with Crippen LogP contribution in [0.4, 0.5) is 0 Å². The van der Waals surface area contributed by atoms with Gasteiger partial charge in [-0.05, 0) is 80.0 Å². The minimum absolute atomic E-state index is 0.172. The molecule has 170 valence electrons. The highest BCUT2D eigenvalue weighted by molar-refractivity contribution is 5.89. The van der Waals surface area contributed by atoms with E-state index in [1.807, 2.05) is 30.3 Å². The summed E-state index contributed by atoms with van der Waals surface area (Å²) in [6.45, 7) is 4.05. The fraction of sp³-hybridized carbons (Fsp3) is 0.286. The maximum Gasteiger partial charge on any atom is 0.138 e. The van der Waals surface area contributed by atoms with Crippen LogP contribution in [0.15, 0.2) is 71.1 Å². The molecule has 0 radical (unpaired) electrons. The molecule has 5 heteroatoms. The molecule has 0 unspecified atom stereocenters. The number of furan rings is 1. The van der Waals surface area contributed by atoms with E-state index in [1.54, 1.807) is 24.3 Å². The molecule has 0 aliphatic carbocycles. The number of rotatable bonds is 7.